The standard InChI is InChI=1S/C14H16FNO2/c15-13-4-2-1-3-11(13)5-6-14(18)16-9-7-12(17)8-10-16/h1-4H,5-10H2. The van der Waals surface area contributed by atoms with Crippen LogP contribution in [-0.2, 0) is 16.0 Å². The fourth-order valence-corrected chi connectivity index (χ4v) is 2.11. The molecular formula is C14H16FNO2. The molecule has 1 heterocycles. The molecule has 0 atom stereocenters. The second kappa shape index (κ2) is 5.76. The largest absolute Gasteiger partial charge is 0.342 e. The van der Waals surface area contributed by atoms with Gasteiger partial charge in [-0.3, -0.25) is 9.59 Å². The molecule has 0 spiro atoms. The Morgan fingerprint density at radius 2 is 1.89 bits per heavy atom. The molecule has 96 valence electrons. The Bertz CT molecular complexity index is 449. The van der Waals surface area contributed by atoms with Gasteiger partial charge in [0.15, 0.2) is 0 Å². The first-order chi connectivity index (χ1) is 8.66. The molecule has 3 nitrogen and oxygen atoms in total. The van der Waals surface area contributed by atoms with Crippen molar-refractivity contribution in [1.82, 2.24) is 4.90 Å². The Hall–Kier alpha value is -1.71. The van der Waals surface area contributed by atoms with Crippen LogP contribution < -0.4 is 0 Å². The van der Waals surface area contributed by atoms with Gasteiger partial charge in [-0.2, -0.15) is 0 Å². The lowest BCUT2D eigenvalue weighted by Crippen LogP contribution is -2.38. The predicted octanol–water partition coefficient (Wildman–Crippen LogP) is 1.95. The lowest BCUT2D eigenvalue weighted by molar-refractivity contribution is -0.134. The summed E-state index contributed by atoms with van der Waals surface area (Å²) in [5, 5.41) is 0. The number of halogens is 1. The molecule has 1 aromatic rings. The molecule has 18 heavy (non-hydrogen) atoms. The summed E-state index contributed by atoms with van der Waals surface area (Å²) in [5.74, 6) is -0.0435. The van der Waals surface area contributed by atoms with Crippen molar-refractivity contribution in [3.05, 3.63) is 35.6 Å². The van der Waals surface area contributed by atoms with Gasteiger partial charge in [-0.15, -0.1) is 0 Å². The molecule has 2 rings (SSSR count). The first kappa shape index (κ1) is 12.7. The molecule has 0 bridgehead atoms. The molecule has 1 aliphatic heterocycles. The molecule has 4 heteroatoms. The lowest BCUT2D eigenvalue weighted by Gasteiger charge is -2.26. The third-order valence-corrected chi connectivity index (χ3v) is 3.24. The van der Waals surface area contributed by atoms with Gasteiger partial charge in [0.05, 0.1) is 0 Å². The molecular weight excluding hydrogens is 233 g/mol. The van der Waals surface area contributed by atoms with Crippen LogP contribution in [0.3, 0.4) is 0 Å². The average molecular weight is 249 g/mol. The third kappa shape index (κ3) is 3.15. The highest BCUT2D eigenvalue weighted by Gasteiger charge is 2.20. The van der Waals surface area contributed by atoms with E-state index < -0.39 is 0 Å². The van der Waals surface area contributed by atoms with E-state index in [0.29, 0.717) is 44.3 Å². The van der Waals surface area contributed by atoms with Gasteiger partial charge in [0.2, 0.25) is 5.91 Å². The Kier molecular flexibility index (Phi) is 4.07. The second-order valence-corrected chi connectivity index (χ2v) is 4.51. The number of hydrogen-bond donors (Lipinski definition) is 0. The van der Waals surface area contributed by atoms with Crippen molar-refractivity contribution >= 4 is 11.7 Å². The van der Waals surface area contributed by atoms with E-state index in [9.17, 15) is 14.0 Å². The van der Waals surface area contributed by atoms with Crippen molar-refractivity contribution in [2.45, 2.75) is 25.7 Å². The number of benzene rings is 1. The number of likely N-dealkylation sites (tertiary alicyclic amines) is 1. The number of carbonyl (C=O) groups excluding carboxylic acids is 2. The van der Waals surface area contributed by atoms with Gasteiger partial charge in [0.25, 0.3) is 0 Å². The fraction of sp³-hybridized carbons (Fsp3) is 0.429. The van der Waals surface area contributed by atoms with E-state index in [0.717, 1.165) is 0 Å². The first-order valence-electron chi connectivity index (χ1n) is 6.19. The van der Waals surface area contributed by atoms with Crippen LogP contribution in [0.15, 0.2) is 24.3 Å². The summed E-state index contributed by atoms with van der Waals surface area (Å²) in [6, 6.07) is 6.50. The van der Waals surface area contributed by atoms with Crippen molar-refractivity contribution < 1.29 is 14.0 Å². The topological polar surface area (TPSA) is 37.4 Å². The Labute approximate surface area is 106 Å². The summed E-state index contributed by atoms with van der Waals surface area (Å²) in [7, 11) is 0. The summed E-state index contributed by atoms with van der Waals surface area (Å²) < 4.78 is 13.4. The quantitative estimate of drug-likeness (QED) is 0.821. The molecule has 0 saturated carbocycles. The van der Waals surface area contributed by atoms with Gasteiger partial charge in [0, 0.05) is 32.4 Å². The van der Waals surface area contributed by atoms with E-state index in [4.69, 9.17) is 0 Å². The molecule has 0 N–H and O–H groups in total. The van der Waals surface area contributed by atoms with Crippen LogP contribution in [-0.4, -0.2) is 29.7 Å². The zero-order valence-corrected chi connectivity index (χ0v) is 10.2. The van der Waals surface area contributed by atoms with E-state index in [-0.39, 0.29) is 17.5 Å². The smallest absolute Gasteiger partial charge is 0.222 e. The summed E-state index contributed by atoms with van der Waals surface area (Å²) >= 11 is 0. The van der Waals surface area contributed by atoms with Gasteiger partial charge in [-0.1, -0.05) is 18.2 Å². The van der Waals surface area contributed by atoms with Crippen molar-refractivity contribution in [2.24, 2.45) is 0 Å². The molecule has 1 fully saturated rings. The normalized spacial score (nSPS) is 15.8. The zero-order chi connectivity index (χ0) is 13.0. The number of rotatable bonds is 3. The minimum atomic E-state index is -0.265. The number of nitrogens with zero attached hydrogens (tertiary/aromatic N) is 1. The van der Waals surface area contributed by atoms with E-state index in [1.54, 1.807) is 23.1 Å². The Balaban J connectivity index is 1.85. The van der Waals surface area contributed by atoms with Crippen molar-refractivity contribution in [1.29, 1.82) is 0 Å². The van der Waals surface area contributed by atoms with Crippen LogP contribution >= 0.6 is 0 Å². The van der Waals surface area contributed by atoms with Gasteiger partial charge in [-0.25, -0.2) is 4.39 Å². The van der Waals surface area contributed by atoms with Crippen molar-refractivity contribution in [2.75, 3.05) is 13.1 Å². The van der Waals surface area contributed by atoms with Gasteiger partial charge >= 0.3 is 0 Å². The van der Waals surface area contributed by atoms with E-state index >= 15 is 0 Å². The number of carbonyl (C=O) groups is 2. The Morgan fingerprint density at radius 3 is 2.56 bits per heavy atom. The fourth-order valence-electron chi connectivity index (χ4n) is 2.11. The summed E-state index contributed by atoms with van der Waals surface area (Å²) in [4.78, 5) is 24.6. The highest BCUT2D eigenvalue weighted by Crippen LogP contribution is 2.12. The highest BCUT2D eigenvalue weighted by molar-refractivity contribution is 5.83. The minimum Gasteiger partial charge on any atom is -0.342 e. The van der Waals surface area contributed by atoms with E-state index in [2.05, 4.69) is 0 Å². The Morgan fingerprint density at radius 1 is 1.22 bits per heavy atom. The number of Topliss-reactive ketones (excluding diaryl/α,β-unsaturated/α-hetero) is 1. The third-order valence-electron chi connectivity index (χ3n) is 3.24. The van der Waals surface area contributed by atoms with Crippen LogP contribution in [0.4, 0.5) is 4.39 Å². The van der Waals surface area contributed by atoms with Gasteiger partial charge in [0.1, 0.15) is 11.6 Å². The zero-order valence-electron chi connectivity index (χ0n) is 10.2. The monoisotopic (exact) mass is 249 g/mol. The molecule has 1 aliphatic rings. The molecule has 0 radical (unpaired) electrons. The average Bonchev–Trinajstić information content (AvgIpc) is 2.38. The molecule has 1 aromatic carbocycles. The predicted molar refractivity (Wildman–Crippen MR) is 65.5 cm³/mol. The number of ketones is 1. The number of aryl methyl sites for hydroxylation is 1. The van der Waals surface area contributed by atoms with Crippen LogP contribution in [0.1, 0.15) is 24.8 Å². The summed E-state index contributed by atoms with van der Waals surface area (Å²) in [6.07, 6.45) is 1.61. The number of amides is 1. The summed E-state index contributed by atoms with van der Waals surface area (Å²) in [6.45, 7) is 1.02. The van der Waals surface area contributed by atoms with Crippen LogP contribution in [0.5, 0.6) is 0 Å². The number of hydrogen-bond acceptors (Lipinski definition) is 2. The van der Waals surface area contributed by atoms with Crippen LogP contribution in [0.2, 0.25) is 0 Å². The SMILES string of the molecule is O=C1CCN(C(=O)CCc2ccccc2F)CC1. The van der Waals surface area contributed by atoms with Crippen LogP contribution in [0, 0.1) is 5.82 Å². The van der Waals surface area contributed by atoms with Crippen LogP contribution in [0.25, 0.3) is 0 Å². The summed E-state index contributed by atoms with van der Waals surface area (Å²) in [5.41, 5.74) is 0.568. The maximum atomic E-state index is 13.4. The maximum absolute atomic E-state index is 13.4. The lowest BCUT2D eigenvalue weighted by atomic mass is 10.1. The number of piperidine rings is 1. The van der Waals surface area contributed by atoms with E-state index in [1.807, 2.05) is 0 Å². The molecule has 0 unspecified atom stereocenters. The first-order valence-corrected chi connectivity index (χ1v) is 6.19. The minimum absolute atomic E-state index is 0.00533. The van der Waals surface area contributed by atoms with Crippen molar-refractivity contribution in [3.63, 3.8) is 0 Å². The molecule has 1 amide bonds. The second-order valence-electron chi connectivity index (χ2n) is 4.51. The molecule has 1 saturated heterocycles. The van der Waals surface area contributed by atoms with Gasteiger partial charge < -0.3 is 4.90 Å². The maximum Gasteiger partial charge on any atom is 0.222 e. The molecule has 0 aromatic heterocycles. The van der Waals surface area contributed by atoms with E-state index in [1.165, 1.54) is 6.07 Å². The molecule has 0 aliphatic carbocycles. The van der Waals surface area contributed by atoms with Gasteiger partial charge in [-0.05, 0) is 18.1 Å². The highest BCUT2D eigenvalue weighted by atomic mass is 19.1. The van der Waals surface area contributed by atoms with Crippen molar-refractivity contribution in [3.8, 4) is 0 Å².